The third-order valence-corrected chi connectivity index (χ3v) is 5.30. The first-order chi connectivity index (χ1) is 9.22. The summed E-state index contributed by atoms with van der Waals surface area (Å²) in [5.41, 5.74) is 0.595. The van der Waals surface area contributed by atoms with Crippen LogP contribution in [0.1, 0.15) is 39.0 Å². The van der Waals surface area contributed by atoms with Crippen LogP contribution in [0.3, 0.4) is 0 Å². The quantitative estimate of drug-likeness (QED) is 0.808. The molecule has 3 aliphatic rings. The van der Waals surface area contributed by atoms with Crippen LogP contribution >= 0.6 is 12.4 Å². The van der Waals surface area contributed by atoms with Gasteiger partial charge >= 0.3 is 5.97 Å². The molecule has 0 atom stereocenters. The molecule has 3 fully saturated rings. The van der Waals surface area contributed by atoms with E-state index in [1.54, 1.807) is 0 Å². The highest BCUT2D eigenvalue weighted by Crippen LogP contribution is 2.38. The predicted octanol–water partition coefficient (Wildman–Crippen LogP) is 1.83. The second kappa shape index (κ2) is 6.63. The second-order valence-electron chi connectivity index (χ2n) is 6.58. The number of rotatable bonds is 3. The van der Waals surface area contributed by atoms with Gasteiger partial charge in [-0.15, -0.1) is 12.4 Å². The molecule has 4 nitrogen and oxygen atoms in total. The van der Waals surface area contributed by atoms with Gasteiger partial charge in [0.15, 0.2) is 0 Å². The van der Waals surface area contributed by atoms with Gasteiger partial charge in [-0.1, -0.05) is 0 Å². The Morgan fingerprint density at radius 1 is 1.30 bits per heavy atom. The molecule has 1 aliphatic carbocycles. The topological polar surface area (TPSA) is 41.6 Å². The number of carbonyl (C=O) groups excluding carboxylic acids is 1. The summed E-state index contributed by atoms with van der Waals surface area (Å²) in [6, 6.07) is 0.714. The molecule has 0 aromatic heterocycles. The van der Waals surface area contributed by atoms with Crippen LogP contribution < -0.4 is 5.32 Å². The van der Waals surface area contributed by atoms with E-state index in [1.807, 2.05) is 6.92 Å². The van der Waals surface area contributed by atoms with Crippen molar-refractivity contribution in [3.05, 3.63) is 0 Å². The summed E-state index contributed by atoms with van der Waals surface area (Å²) in [7, 11) is 0. The lowest BCUT2D eigenvalue weighted by Crippen LogP contribution is -2.55. The van der Waals surface area contributed by atoms with E-state index in [1.165, 1.54) is 45.4 Å². The van der Waals surface area contributed by atoms with Crippen LogP contribution in [-0.2, 0) is 9.53 Å². The third-order valence-electron chi connectivity index (χ3n) is 5.30. The molecule has 0 amide bonds. The van der Waals surface area contributed by atoms with Gasteiger partial charge in [0.05, 0.1) is 12.5 Å². The van der Waals surface area contributed by atoms with E-state index in [2.05, 4.69) is 10.2 Å². The summed E-state index contributed by atoms with van der Waals surface area (Å²) in [4.78, 5) is 14.4. The molecule has 2 heterocycles. The van der Waals surface area contributed by atoms with Crippen LogP contribution in [-0.4, -0.2) is 49.7 Å². The van der Waals surface area contributed by atoms with E-state index in [9.17, 15) is 4.79 Å². The molecule has 1 saturated carbocycles. The first-order valence-electron chi connectivity index (χ1n) is 7.84. The minimum Gasteiger partial charge on any atom is -0.466 e. The molecule has 0 bridgehead atoms. The molecular weight excluding hydrogens is 276 g/mol. The van der Waals surface area contributed by atoms with Crippen LogP contribution in [0, 0.1) is 11.3 Å². The van der Waals surface area contributed by atoms with Crippen molar-refractivity contribution < 1.29 is 9.53 Å². The number of hydrogen-bond acceptors (Lipinski definition) is 4. The van der Waals surface area contributed by atoms with Gasteiger partial charge in [-0.25, -0.2) is 0 Å². The molecule has 3 rings (SSSR count). The molecule has 0 radical (unpaired) electrons. The maximum absolute atomic E-state index is 11.7. The molecule has 1 N–H and O–H groups in total. The van der Waals surface area contributed by atoms with E-state index >= 15 is 0 Å². The molecule has 2 aliphatic heterocycles. The highest BCUT2D eigenvalue weighted by atomic mass is 35.5. The first kappa shape index (κ1) is 16.1. The van der Waals surface area contributed by atoms with Crippen LogP contribution in [0.25, 0.3) is 0 Å². The summed E-state index contributed by atoms with van der Waals surface area (Å²) in [5, 5.41) is 3.42. The summed E-state index contributed by atoms with van der Waals surface area (Å²) in [6.07, 6.45) is 5.74. The zero-order valence-electron chi connectivity index (χ0n) is 12.4. The summed E-state index contributed by atoms with van der Waals surface area (Å²) >= 11 is 0. The first-order valence-corrected chi connectivity index (χ1v) is 7.84. The Morgan fingerprint density at radius 2 is 2.00 bits per heavy atom. The molecule has 0 aromatic rings. The Hall–Kier alpha value is -0.320. The van der Waals surface area contributed by atoms with Gasteiger partial charge in [0.1, 0.15) is 0 Å². The van der Waals surface area contributed by atoms with Gasteiger partial charge in [0.25, 0.3) is 0 Å². The summed E-state index contributed by atoms with van der Waals surface area (Å²) < 4.78 is 5.14. The number of likely N-dealkylation sites (tertiary alicyclic amines) is 1. The molecule has 0 aromatic carbocycles. The fraction of sp³-hybridized carbons (Fsp3) is 0.933. The zero-order chi connectivity index (χ0) is 13.3. The van der Waals surface area contributed by atoms with E-state index in [0.717, 1.165) is 12.8 Å². The Balaban J connectivity index is 0.00000147. The summed E-state index contributed by atoms with van der Waals surface area (Å²) in [6.45, 7) is 7.36. The van der Waals surface area contributed by atoms with E-state index in [-0.39, 0.29) is 24.3 Å². The van der Waals surface area contributed by atoms with Crippen molar-refractivity contribution >= 4 is 18.4 Å². The predicted molar refractivity (Wildman–Crippen MR) is 81.1 cm³/mol. The number of esters is 1. The normalized spacial score (nSPS) is 32.5. The lowest BCUT2D eigenvalue weighted by Gasteiger charge is -2.41. The number of halogens is 1. The van der Waals surface area contributed by atoms with Crippen molar-refractivity contribution in [3.63, 3.8) is 0 Å². The smallest absolute Gasteiger partial charge is 0.308 e. The molecule has 116 valence electrons. The molecule has 1 spiro atoms. The van der Waals surface area contributed by atoms with Crippen molar-refractivity contribution in [2.45, 2.75) is 45.1 Å². The van der Waals surface area contributed by atoms with Gasteiger partial charge in [0.2, 0.25) is 0 Å². The SMILES string of the molecule is CCOC(=O)C1CCC(N2CCC3(CNC3)C2)CC1.Cl. The fourth-order valence-corrected chi connectivity index (χ4v) is 3.99. The average Bonchev–Trinajstić information content (AvgIpc) is 2.84. The molecule has 20 heavy (non-hydrogen) atoms. The third kappa shape index (κ3) is 3.12. The lowest BCUT2D eigenvalue weighted by molar-refractivity contribution is -0.149. The van der Waals surface area contributed by atoms with Crippen LogP contribution in [0.15, 0.2) is 0 Å². The van der Waals surface area contributed by atoms with Crippen molar-refractivity contribution in [1.29, 1.82) is 0 Å². The zero-order valence-corrected chi connectivity index (χ0v) is 13.2. The molecule has 5 heteroatoms. The van der Waals surface area contributed by atoms with E-state index in [4.69, 9.17) is 4.74 Å². The largest absolute Gasteiger partial charge is 0.466 e. The Kier molecular flexibility index (Phi) is 5.32. The highest BCUT2D eigenvalue weighted by molar-refractivity contribution is 5.85. The lowest BCUT2D eigenvalue weighted by atomic mass is 9.81. The fourth-order valence-electron chi connectivity index (χ4n) is 3.99. The number of nitrogens with zero attached hydrogens (tertiary/aromatic N) is 1. The molecule has 0 unspecified atom stereocenters. The Morgan fingerprint density at radius 3 is 2.50 bits per heavy atom. The summed E-state index contributed by atoms with van der Waals surface area (Å²) in [5.74, 6) is 0.195. The van der Waals surface area contributed by atoms with Crippen molar-refractivity contribution in [2.75, 3.05) is 32.8 Å². The van der Waals surface area contributed by atoms with Crippen LogP contribution in [0.4, 0.5) is 0 Å². The van der Waals surface area contributed by atoms with Gasteiger partial charge in [0, 0.05) is 31.1 Å². The molecule has 2 saturated heterocycles. The Labute approximate surface area is 128 Å². The number of hydrogen-bond donors (Lipinski definition) is 1. The number of ether oxygens (including phenoxy) is 1. The van der Waals surface area contributed by atoms with Gasteiger partial charge in [-0.2, -0.15) is 0 Å². The second-order valence-corrected chi connectivity index (χ2v) is 6.58. The van der Waals surface area contributed by atoms with Gasteiger partial charge in [-0.3, -0.25) is 9.69 Å². The number of carbonyl (C=O) groups is 1. The average molecular weight is 303 g/mol. The maximum Gasteiger partial charge on any atom is 0.308 e. The minimum absolute atomic E-state index is 0. The van der Waals surface area contributed by atoms with Crippen LogP contribution in [0.5, 0.6) is 0 Å². The Bertz CT molecular complexity index is 339. The molecular formula is C15H27ClN2O2. The van der Waals surface area contributed by atoms with Crippen LogP contribution in [0.2, 0.25) is 0 Å². The van der Waals surface area contributed by atoms with E-state index < -0.39 is 0 Å². The van der Waals surface area contributed by atoms with E-state index in [0.29, 0.717) is 18.1 Å². The van der Waals surface area contributed by atoms with Gasteiger partial charge < -0.3 is 10.1 Å². The van der Waals surface area contributed by atoms with Crippen molar-refractivity contribution in [2.24, 2.45) is 11.3 Å². The maximum atomic E-state index is 11.7. The highest BCUT2D eigenvalue weighted by Gasteiger charge is 2.45. The monoisotopic (exact) mass is 302 g/mol. The number of nitrogens with one attached hydrogen (secondary N) is 1. The standard InChI is InChI=1S/C15H26N2O2.ClH/c1-2-19-14(18)12-3-5-13(6-4-12)17-8-7-15(11-17)9-16-10-15;/h12-13,16H,2-11H2,1H3;1H. The minimum atomic E-state index is 0. The van der Waals surface area contributed by atoms with Gasteiger partial charge in [-0.05, 0) is 45.6 Å². The van der Waals surface area contributed by atoms with Crippen molar-refractivity contribution in [1.82, 2.24) is 10.2 Å². The van der Waals surface area contributed by atoms with Crippen molar-refractivity contribution in [3.8, 4) is 0 Å².